The van der Waals surface area contributed by atoms with E-state index in [4.69, 9.17) is 14.2 Å². The Bertz CT molecular complexity index is 798. The Labute approximate surface area is 204 Å². The molecule has 0 aromatic heterocycles. The SMILES string of the molecule is CC(=O)OC(OC(C)=O)[C@]12CCCCC1CC[C@@H]1[C@H]2CC[C@]2(C)C(OC(=O)C(C)(C)C)CC[C@@H]12. The van der Waals surface area contributed by atoms with Crippen LogP contribution in [-0.4, -0.2) is 30.3 Å². The molecule has 0 bridgehead atoms. The summed E-state index contributed by atoms with van der Waals surface area (Å²) in [6.45, 7) is 10.9. The maximum Gasteiger partial charge on any atom is 0.311 e. The van der Waals surface area contributed by atoms with E-state index in [0.717, 1.165) is 57.8 Å². The Hall–Kier alpha value is -1.59. The van der Waals surface area contributed by atoms with Crippen molar-refractivity contribution in [3.63, 3.8) is 0 Å². The van der Waals surface area contributed by atoms with Crippen molar-refractivity contribution in [1.29, 1.82) is 0 Å². The number of carbonyl (C=O) groups is 3. The predicted molar refractivity (Wildman–Crippen MR) is 127 cm³/mol. The van der Waals surface area contributed by atoms with Gasteiger partial charge in [0.05, 0.1) is 10.8 Å². The number of esters is 3. The van der Waals surface area contributed by atoms with E-state index in [1.807, 2.05) is 20.8 Å². The van der Waals surface area contributed by atoms with Crippen molar-refractivity contribution in [2.45, 2.75) is 118 Å². The third-order valence-electron chi connectivity index (χ3n) is 9.91. The van der Waals surface area contributed by atoms with Gasteiger partial charge in [-0.2, -0.15) is 0 Å². The van der Waals surface area contributed by atoms with Gasteiger partial charge in [-0.1, -0.05) is 19.8 Å². The molecule has 0 aromatic rings. The average molecular weight is 477 g/mol. The average Bonchev–Trinajstić information content (AvgIpc) is 3.07. The minimum absolute atomic E-state index is 0.0247. The normalized spacial score (nSPS) is 39.4. The first-order valence-corrected chi connectivity index (χ1v) is 13.4. The molecule has 4 saturated carbocycles. The van der Waals surface area contributed by atoms with Crippen LogP contribution < -0.4 is 0 Å². The minimum Gasteiger partial charge on any atom is -0.461 e. The number of hydrogen-bond acceptors (Lipinski definition) is 6. The first kappa shape index (κ1) is 25.5. The van der Waals surface area contributed by atoms with Gasteiger partial charge < -0.3 is 14.2 Å². The van der Waals surface area contributed by atoms with E-state index in [2.05, 4.69) is 6.92 Å². The second-order valence-electron chi connectivity index (χ2n) is 12.8. The number of carbonyl (C=O) groups excluding carboxylic acids is 3. The molecule has 0 heterocycles. The summed E-state index contributed by atoms with van der Waals surface area (Å²) in [7, 11) is 0. The van der Waals surface area contributed by atoms with E-state index in [9.17, 15) is 14.4 Å². The summed E-state index contributed by atoms with van der Waals surface area (Å²) in [6.07, 6.45) is 9.67. The van der Waals surface area contributed by atoms with Crippen molar-refractivity contribution in [2.75, 3.05) is 0 Å². The van der Waals surface area contributed by atoms with Gasteiger partial charge in [-0.25, -0.2) is 0 Å². The molecule has 6 nitrogen and oxygen atoms in total. The van der Waals surface area contributed by atoms with E-state index < -0.39 is 11.7 Å². The molecular weight excluding hydrogens is 432 g/mol. The van der Waals surface area contributed by atoms with Gasteiger partial charge in [-0.15, -0.1) is 0 Å². The van der Waals surface area contributed by atoms with Crippen LogP contribution in [0.25, 0.3) is 0 Å². The maximum atomic E-state index is 12.7. The highest BCUT2D eigenvalue weighted by Gasteiger charge is 2.65. The van der Waals surface area contributed by atoms with Gasteiger partial charge in [0.2, 0.25) is 0 Å². The van der Waals surface area contributed by atoms with Gasteiger partial charge >= 0.3 is 17.9 Å². The number of fused-ring (bicyclic) bond motifs is 5. The van der Waals surface area contributed by atoms with Crippen LogP contribution in [0.1, 0.15) is 106 Å². The van der Waals surface area contributed by atoms with E-state index in [1.165, 1.54) is 20.3 Å². The largest absolute Gasteiger partial charge is 0.461 e. The summed E-state index contributed by atoms with van der Waals surface area (Å²) in [5, 5.41) is 0. The molecule has 4 fully saturated rings. The highest BCUT2D eigenvalue weighted by Crippen LogP contribution is 2.68. The molecular formula is C28H44O6. The minimum atomic E-state index is -0.805. The quantitative estimate of drug-likeness (QED) is 0.376. The van der Waals surface area contributed by atoms with Gasteiger partial charge in [0, 0.05) is 19.3 Å². The predicted octanol–water partition coefficient (Wildman–Crippen LogP) is 5.81. The van der Waals surface area contributed by atoms with E-state index in [0.29, 0.717) is 23.7 Å². The molecule has 7 atom stereocenters. The molecule has 34 heavy (non-hydrogen) atoms. The summed E-state index contributed by atoms with van der Waals surface area (Å²) in [5.41, 5.74) is -0.833. The lowest BCUT2D eigenvalue weighted by Gasteiger charge is -2.62. The third kappa shape index (κ3) is 4.28. The number of hydrogen-bond donors (Lipinski definition) is 0. The van der Waals surface area contributed by atoms with Crippen molar-refractivity contribution in [1.82, 2.24) is 0 Å². The lowest BCUT2D eigenvalue weighted by molar-refractivity contribution is -0.260. The monoisotopic (exact) mass is 476 g/mol. The topological polar surface area (TPSA) is 78.9 Å². The van der Waals surface area contributed by atoms with E-state index in [1.54, 1.807) is 0 Å². The highest BCUT2D eigenvalue weighted by molar-refractivity contribution is 5.75. The summed E-state index contributed by atoms with van der Waals surface area (Å²) in [4.78, 5) is 36.9. The van der Waals surface area contributed by atoms with E-state index in [-0.39, 0.29) is 34.8 Å². The number of rotatable bonds is 4. The van der Waals surface area contributed by atoms with Gasteiger partial charge in [0.1, 0.15) is 6.10 Å². The molecule has 4 aliphatic carbocycles. The standard InChI is InChI=1S/C28H44O6/c1-17(29)32-25(33-18(2)30)28-15-8-7-9-19(28)10-11-20-21-12-13-23(34-24(31)26(3,4)5)27(21,6)16-14-22(20)28/h19-23,25H,7-16H2,1-6H3/t19?,20-,21-,22+,23?,27-,28+/m0/s1. The van der Waals surface area contributed by atoms with Crippen molar-refractivity contribution in [3.05, 3.63) is 0 Å². The van der Waals surface area contributed by atoms with Crippen LogP contribution in [0.4, 0.5) is 0 Å². The zero-order chi connectivity index (χ0) is 24.9. The molecule has 0 amide bonds. The lowest BCUT2D eigenvalue weighted by atomic mass is 9.44. The molecule has 0 spiro atoms. The second-order valence-corrected chi connectivity index (χ2v) is 12.8. The molecule has 0 saturated heterocycles. The Morgan fingerprint density at radius 3 is 2.12 bits per heavy atom. The molecule has 6 heteroatoms. The molecule has 4 rings (SSSR count). The molecule has 0 radical (unpaired) electrons. The Morgan fingerprint density at radius 2 is 1.50 bits per heavy atom. The first-order chi connectivity index (χ1) is 15.9. The van der Waals surface area contributed by atoms with Gasteiger partial charge in [0.15, 0.2) is 0 Å². The van der Waals surface area contributed by atoms with Crippen LogP contribution >= 0.6 is 0 Å². The fourth-order valence-electron chi connectivity index (χ4n) is 8.43. The Balaban J connectivity index is 1.65. The Kier molecular flexibility index (Phi) is 6.85. The van der Waals surface area contributed by atoms with Crippen molar-refractivity contribution in [2.24, 2.45) is 39.9 Å². The zero-order valence-electron chi connectivity index (χ0n) is 22.0. The fraction of sp³-hybridized carbons (Fsp3) is 0.893. The van der Waals surface area contributed by atoms with Crippen LogP contribution in [0.15, 0.2) is 0 Å². The smallest absolute Gasteiger partial charge is 0.311 e. The lowest BCUT2D eigenvalue weighted by Crippen LogP contribution is -2.60. The number of ether oxygens (including phenoxy) is 3. The zero-order valence-corrected chi connectivity index (χ0v) is 22.0. The molecule has 0 aliphatic heterocycles. The molecule has 0 N–H and O–H groups in total. The fourth-order valence-corrected chi connectivity index (χ4v) is 8.43. The van der Waals surface area contributed by atoms with Crippen LogP contribution in [-0.2, 0) is 28.6 Å². The molecule has 0 aromatic carbocycles. The summed E-state index contributed by atoms with van der Waals surface area (Å²) >= 11 is 0. The Morgan fingerprint density at radius 1 is 0.824 bits per heavy atom. The van der Waals surface area contributed by atoms with Crippen molar-refractivity contribution < 1.29 is 28.6 Å². The second kappa shape index (κ2) is 9.13. The van der Waals surface area contributed by atoms with Gasteiger partial charge in [-0.05, 0) is 95.8 Å². The van der Waals surface area contributed by atoms with Crippen LogP contribution in [0.2, 0.25) is 0 Å². The molecule has 2 unspecified atom stereocenters. The van der Waals surface area contributed by atoms with E-state index >= 15 is 0 Å². The van der Waals surface area contributed by atoms with Crippen LogP contribution in [0.3, 0.4) is 0 Å². The van der Waals surface area contributed by atoms with Crippen LogP contribution in [0, 0.1) is 39.9 Å². The van der Waals surface area contributed by atoms with Crippen molar-refractivity contribution >= 4 is 17.9 Å². The third-order valence-corrected chi connectivity index (χ3v) is 9.91. The van der Waals surface area contributed by atoms with Crippen molar-refractivity contribution in [3.8, 4) is 0 Å². The molecule has 192 valence electrons. The van der Waals surface area contributed by atoms with Crippen LogP contribution in [0.5, 0.6) is 0 Å². The first-order valence-electron chi connectivity index (χ1n) is 13.4. The summed E-state index contributed by atoms with van der Waals surface area (Å²) < 4.78 is 17.7. The van der Waals surface area contributed by atoms with Gasteiger partial charge in [-0.3, -0.25) is 14.4 Å². The summed E-state index contributed by atoms with van der Waals surface area (Å²) in [6, 6.07) is 0. The molecule has 4 aliphatic rings. The highest BCUT2D eigenvalue weighted by atomic mass is 16.7. The van der Waals surface area contributed by atoms with Gasteiger partial charge in [0.25, 0.3) is 6.29 Å². The summed E-state index contributed by atoms with van der Waals surface area (Å²) in [5.74, 6) is 0.820. The maximum absolute atomic E-state index is 12.7.